The van der Waals surface area contributed by atoms with Crippen LogP contribution in [0.3, 0.4) is 0 Å². The van der Waals surface area contributed by atoms with Gasteiger partial charge in [0.05, 0.1) is 17.3 Å². The van der Waals surface area contributed by atoms with Crippen LogP contribution in [0.25, 0.3) is 16.7 Å². The highest BCUT2D eigenvalue weighted by atomic mass is 15.3. The fraction of sp³-hybridized carbons (Fsp3) is 0.227. The molecule has 0 saturated heterocycles. The molecule has 5 heteroatoms. The average Bonchev–Trinajstić information content (AvgIpc) is 3.12. The third-order valence-electron chi connectivity index (χ3n) is 4.78. The standard InChI is InChI=1S/C22H23N5/c1-4-16-10-9-11-17(5-2)20(16)26-21-19-14-23-27(18-12-7-6-8-13-18)22(19)25-15(3)24-21/h6-14H,4-5H2,1-3H3,(H,24,25,26). The quantitative estimate of drug-likeness (QED) is 0.546. The molecule has 0 amide bonds. The summed E-state index contributed by atoms with van der Waals surface area (Å²) in [4.78, 5) is 9.33. The van der Waals surface area contributed by atoms with Crippen molar-refractivity contribution in [3.05, 3.63) is 71.7 Å². The molecule has 0 bridgehead atoms. The molecule has 0 radical (unpaired) electrons. The predicted octanol–water partition coefficient (Wildman–Crippen LogP) is 4.99. The number of fused-ring (bicyclic) bond motifs is 1. The van der Waals surface area contributed by atoms with Crippen molar-refractivity contribution in [2.24, 2.45) is 0 Å². The summed E-state index contributed by atoms with van der Waals surface area (Å²) in [5, 5.41) is 9.07. The van der Waals surface area contributed by atoms with E-state index in [4.69, 9.17) is 0 Å². The number of anilines is 2. The molecule has 0 aliphatic rings. The van der Waals surface area contributed by atoms with E-state index in [-0.39, 0.29) is 0 Å². The third-order valence-corrected chi connectivity index (χ3v) is 4.78. The second-order valence-electron chi connectivity index (χ2n) is 6.53. The lowest BCUT2D eigenvalue weighted by Crippen LogP contribution is -2.05. The van der Waals surface area contributed by atoms with E-state index in [0.29, 0.717) is 0 Å². The van der Waals surface area contributed by atoms with E-state index in [9.17, 15) is 0 Å². The van der Waals surface area contributed by atoms with E-state index >= 15 is 0 Å². The van der Waals surface area contributed by atoms with Gasteiger partial charge in [0.2, 0.25) is 0 Å². The number of nitrogens with zero attached hydrogens (tertiary/aromatic N) is 4. The number of hydrogen-bond acceptors (Lipinski definition) is 4. The first-order valence-electron chi connectivity index (χ1n) is 9.36. The van der Waals surface area contributed by atoms with E-state index in [1.165, 1.54) is 11.1 Å². The number of nitrogens with one attached hydrogen (secondary N) is 1. The Kier molecular flexibility index (Phi) is 4.59. The Bertz CT molecular complexity index is 1060. The maximum absolute atomic E-state index is 4.68. The molecule has 4 aromatic rings. The van der Waals surface area contributed by atoms with Crippen LogP contribution >= 0.6 is 0 Å². The van der Waals surface area contributed by atoms with E-state index in [1.807, 2.05) is 48.1 Å². The van der Waals surface area contributed by atoms with Crippen molar-refractivity contribution >= 4 is 22.5 Å². The molecule has 0 spiro atoms. The maximum atomic E-state index is 4.68. The van der Waals surface area contributed by atoms with Crippen molar-refractivity contribution < 1.29 is 0 Å². The molecule has 2 heterocycles. The van der Waals surface area contributed by atoms with Gasteiger partial charge in [0.1, 0.15) is 11.6 Å². The Balaban J connectivity index is 1.86. The second-order valence-corrected chi connectivity index (χ2v) is 6.53. The molecule has 0 fully saturated rings. The smallest absolute Gasteiger partial charge is 0.168 e. The number of benzene rings is 2. The van der Waals surface area contributed by atoms with Gasteiger partial charge < -0.3 is 5.32 Å². The van der Waals surface area contributed by atoms with Crippen molar-refractivity contribution in [1.82, 2.24) is 19.7 Å². The number of aromatic nitrogens is 4. The summed E-state index contributed by atoms with van der Waals surface area (Å²) in [5.74, 6) is 1.52. The van der Waals surface area contributed by atoms with E-state index in [2.05, 4.69) is 52.4 Å². The summed E-state index contributed by atoms with van der Waals surface area (Å²) in [6.45, 7) is 6.27. The van der Waals surface area contributed by atoms with Crippen LogP contribution < -0.4 is 5.32 Å². The van der Waals surface area contributed by atoms with Gasteiger partial charge in [0, 0.05) is 5.69 Å². The number of rotatable bonds is 5. The summed E-state index contributed by atoms with van der Waals surface area (Å²) in [7, 11) is 0. The highest BCUT2D eigenvalue weighted by Crippen LogP contribution is 2.30. The van der Waals surface area contributed by atoms with Gasteiger partial charge in [-0.05, 0) is 43.0 Å². The zero-order valence-corrected chi connectivity index (χ0v) is 15.9. The van der Waals surface area contributed by atoms with Gasteiger partial charge in [-0.15, -0.1) is 0 Å². The molecule has 1 N–H and O–H groups in total. The molecule has 0 unspecified atom stereocenters. The molecule has 2 aromatic carbocycles. The van der Waals surface area contributed by atoms with E-state index in [0.717, 1.165) is 46.9 Å². The van der Waals surface area contributed by atoms with Crippen molar-refractivity contribution in [3.8, 4) is 5.69 Å². The summed E-state index contributed by atoms with van der Waals surface area (Å²) >= 11 is 0. The fourth-order valence-electron chi connectivity index (χ4n) is 3.39. The van der Waals surface area contributed by atoms with Crippen LogP contribution in [0.5, 0.6) is 0 Å². The second kappa shape index (κ2) is 7.19. The zero-order valence-electron chi connectivity index (χ0n) is 15.9. The van der Waals surface area contributed by atoms with Gasteiger partial charge >= 0.3 is 0 Å². The number of aryl methyl sites for hydroxylation is 3. The monoisotopic (exact) mass is 357 g/mol. The molecule has 0 aliphatic heterocycles. The van der Waals surface area contributed by atoms with Crippen LogP contribution in [0.4, 0.5) is 11.5 Å². The predicted molar refractivity (Wildman–Crippen MR) is 110 cm³/mol. The Morgan fingerprint density at radius 2 is 1.59 bits per heavy atom. The van der Waals surface area contributed by atoms with Crippen molar-refractivity contribution in [2.45, 2.75) is 33.6 Å². The minimum absolute atomic E-state index is 0.717. The molecule has 0 atom stereocenters. The maximum Gasteiger partial charge on any atom is 0.168 e. The topological polar surface area (TPSA) is 55.6 Å². The Hall–Kier alpha value is -3.21. The largest absolute Gasteiger partial charge is 0.339 e. The first-order chi connectivity index (χ1) is 13.2. The normalized spacial score (nSPS) is 11.1. The van der Waals surface area contributed by atoms with Gasteiger partial charge in [-0.2, -0.15) is 5.10 Å². The molecule has 4 rings (SSSR count). The summed E-state index contributed by atoms with van der Waals surface area (Å²) < 4.78 is 1.86. The van der Waals surface area contributed by atoms with Gasteiger partial charge in [-0.3, -0.25) is 0 Å². The minimum Gasteiger partial charge on any atom is -0.339 e. The molecule has 27 heavy (non-hydrogen) atoms. The summed E-state index contributed by atoms with van der Waals surface area (Å²) in [6, 6.07) is 16.5. The molecule has 5 nitrogen and oxygen atoms in total. The van der Waals surface area contributed by atoms with Crippen LogP contribution in [0.2, 0.25) is 0 Å². The first-order valence-corrected chi connectivity index (χ1v) is 9.36. The SMILES string of the molecule is CCc1cccc(CC)c1Nc1nc(C)nc2c1cnn2-c1ccccc1. The lowest BCUT2D eigenvalue weighted by atomic mass is 10.0. The summed E-state index contributed by atoms with van der Waals surface area (Å²) in [5.41, 5.74) is 5.51. The highest BCUT2D eigenvalue weighted by molar-refractivity contribution is 5.90. The number of para-hydroxylation sites is 2. The zero-order chi connectivity index (χ0) is 18.8. The van der Waals surface area contributed by atoms with Gasteiger partial charge in [-0.25, -0.2) is 14.6 Å². The average molecular weight is 357 g/mol. The van der Waals surface area contributed by atoms with Crippen molar-refractivity contribution in [3.63, 3.8) is 0 Å². The first kappa shape index (κ1) is 17.2. The Labute approximate surface area is 159 Å². The number of hydrogen-bond donors (Lipinski definition) is 1. The van der Waals surface area contributed by atoms with Gasteiger partial charge in [0.15, 0.2) is 5.65 Å². The molecule has 0 saturated carbocycles. The molecular formula is C22H23N5. The van der Waals surface area contributed by atoms with Crippen LogP contribution in [0.15, 0.2) is 54.7 Å². The van der Waals surface area contributed by atoms with Crippen LogP contribution in [0, 0.1) is 6.92 Å². The third kappa shape index (κ3) is 3.16. The molecule has 2 aromatic heterocycles. The molecular weight excluding hydrogens is 334 g/mol. The van der Waals surface area contributed by atoms with Crippen molar-refractivity contribution in [2.75, 3.05) is 5.32 Å². The lowest BCUT2D eigenvalue weighted by Gasteiger charge is -2.15. The van der Waals surface area contributed by atoms with Gasteiger partial charge in [0.25, 0.3) is 0 Å². The van der Waals surface area contributed by atoms with E-state index in [1.54, 1.807) is 0 Å². The fourth-order valence-corrected chi connectivity index (χ4v) is 3.39. The highest BCUT2D eigenvalue weighted by Gasteiger charge is 2.15. The van der Waals surface area contributed by atoms with Crippen LogP contribution in [-0.4, -0.2) is 19.7 Å². The van der Waals surface area contributed by atoms with Crippen LogP contribution in [-0.2, 0) is 12.8 Å². The summed E-state index contributed by atoms with van der Waals surface area (Å²) in [6.07, 6.45) is 3.77. The lowest BCUT2D eigenvalue weighted by molar-refractivity contribution is 0.890. The van der Waals surface area contributed by atoms with Crippen molar-refractivity contribution in [1.29, 1.82) is 0 Å². The van der Waals surface area contributed by atoms with Gasteiger partial charge in [-0.1, -0.05) is 50.2 Å². The molecule has 0 aliphatic carbocycles. The van der Waals surface area contributed by atoms with E-state index < -0.39 is 0 Å². The van der Waals surface area contributed by atoms with Crippen LogP contribution in [0.1, 0.15) is 30.8 Å². The minimum atomic E-state index is 0.717. The Morgan fingerprint density at radius 3 is 2.26 bits per heavy atom. The molecule has 136 valence electrons. The Morgan fingerprint density at radius 1 is 0.889 bits per heavy atom.